The number of carbonyl (C=O) groups is 3. The minimum atomic E-state index is -2.56. The van der Waals surface area contributed by atoms with Crippen LogP contribution in [0.5, 0.6) is 0 Å². The van der Waals surface area contributed by atoms with Crippen molar-refractivity contribution in [3.63, 3.8) is 0 Å². The highest BCUT2D eigenvalue weighted by atomic mass is 28.4. The Balaban J connectivity index is 1.66. The molecule has 0 radical (unpaired) electrons. The number of ether oxygens (including phenoxy) is 5. The standard InChI is InChI=1S/C39H58N2O11Si3/c1-26-23-29(42)39(52-55(10,11)12)36(47-26)48-35-33(49-39)30(40(2)37(43)45-24-27-19-15-13-16-20-27)32(50-53(4,5)6)31(34(35)51-54(7,8)9)41(3)38(44)46-25-28-21-17-14-18-22-28/h13-23,30-36H,24-25H2,1-12H3/t30-,31+,32+,33+,34-,35-,36-,39+/m0/s1. The van der Waals surface area contributed by atoms with Gasteiger partial charge in [0.25, 0.3) is 12.1 Å². The summed E-state index contributed by atoms with van der Waals surface area (Å²) in [5.74, 6) is -2.12. The first kappa shape index (κ1) is 42.8. The molecule has 0 bridgehead atoms. The van der Waals surface area contributed by atoms with Crippen LogP contribution in [0.2, 0.25) is 58.9 Å². The molecule has 0 unspecified atom stereocenters. The highest BCUT2D eigenvalue weighted by Gasteiger charge is 2.68. The first-order valence-corrected chi connectivity index (χ1v) is 29.0. The van der Waals surface area contributed by atoms with Crippen LogP contribution in [0.1, 0.15) is 18.1 Å². The van der Waals surface area contributed by atoms with Crippen LogP contribution in [0.25, 0.3) is 0 Å². The number of hydrogen-bond acceptors (Lipinski definition) is 11. The van der Waals surface area contributed by atoms with Gasteiger partial charge in [0, 0.05) is 20.2 Å². The van der Waals surface area contributed by atoms with Gasteiger partial charge in [-0.25, -0.2) is 9.59 Å². The molecule has 16 heteroatoms. The molecule has 1 saturated heterocycles. The molecule has 2 aromatic rings. The van der Waals surface area contributed by atoms with Crippen molar-refractivity contribution in [3.8, 4) is 0 Å². The van der Waals surface area contributed by atoms with Gasteiger partial charge in [0.1, 0.15) is 31.2 Å². The summed E-state index contributed by atoms with van der Waals surface area (Å²) in [6, 6.07) is 16.9. The van der Waals surface area contributed by atoms with Crippen LogP contribution in [0.15, 0.2) is 72.5 Å². The maximum Gasteiger partial charge on any atom is 0.410 e. The number of rotatable bonds is 12. The minimum absolute atomic E-state index is 0.0133. The minimum Gasteiger partial charge on any atom is -0.463 e. The van der Waals surface area contributed by atoms with E-state index in [2.05, 4.69) is 0 Å². The van der Waals surface area contributed by atoms with Gasteiger partial charge in [0.05, 0.1) is 24.3 Å². The molecule has 2 heterocycles. The van der Waals surface area contributed by atoms with E-state index in [1.54, 1.807) is 21.0 Å². The summed E-state index contributed by atoms with van der Waals surface area (Å²) in [4.78, 5) is 45.4. The molecule has 0 spiro atoms. The van der Waals surface area contributed by atoms with Crippen LogP contribution in [-0.4, -0.2) is 115 Å². The first-order valence-electron chi connectivity index (χ1n) is 18.7. The number of likely N-dealkylation sites (N-methyl/N-ethyl adjacent to an activating group) is 2. The van der Waals surface area contributed by atoms with Crippen molar-refractivity contribution in [3.05, 3.63) is 83.6 Å². The van der Waals surface area contributed by atoms with Crippen molar-refractivity contribution in [1.29, 1.82) is 0 Å². The molecule has 2 aliphatic heterocycles. The van der Waals surface area contributed by atoms with Gasteiger partial charge in [-0.15, -0.1) is 0 Å². The Hall–Kier alpha value is -3.36. The summed E-state index contributed by atoms with van der Waals surface area (Å²) in [6.45, 7) is 19.7. The molecule has 302 valence electrons. The van der Waals surface area contributed by atoms with Crippen molar-refractivity contribution in [2.24, 2.45) is 0 Å². The molecule has 2 fully saturated rings. The Bertz CT molecular complexity index is 1700. The van der Waals surface area contributed by atoms with E-state index in [1.807, 2.05) is 120 Å². The molecule has 13 nitrogen and oxygen atoms in total. The molecule has 2 aromatic carbocycles. The molecule has 0 N–H and O–H groups in total. The quantitative estimate of drug-likeness (QED) is 0.208. The monoisotopic (exact) mass is 814 g/mol. The zero-order chi connectivity index (χ0) is 40.5. The van der Waals surface area contributed by atoms with Gasteiger partial charge in [-0.3, -0.25) is 4.79 Å². The van der Waals surface area contributed by atoms with Crippen molar-refractivity contribution < 1.29 is 51.3 Å². The highest BCUT2D eigenvalue weighted by molar-refractivity contribution is 6.70. The summed E-state index contributed by atoms with van der Waals surface area (Å²) >= 11 is 0. The van der Waals surface area contributed by atoms with Gasteiger partial charge in [-0.2, -0.15) is 0 Å². The van der Waals surface area contributed by atoms with Crippen LogP contribution < -0.4 is 0 Å². The molecular weight excluding hydrogens is 757 g/mol. The van der Waals surface area contributed by atoms with Crippen LogP contribution in [0.3, 0.4) is 0 Å². The molecule has 1 saturated carbocycles. The normalized spacial score (nSPS) is 28.2. The summed E-state index contributed by atoms with van der Waals surface area (Å²) in [5.41, 5.74) is 1.62. The maximum absolute atomic E-state index is 14.2. The van der Waals surface area contributed by atoms with Crippen molar-refractivity contribution in [2.45, 2.75) is 128 Å². The second-order valence-corrected chi connectivity index (χ2v) is 30.7. The lowest BCUT2D eigenvalue weighted by molar-refractivity contribution is -0.400. The molecule has 5 rings (SSSR count). The number of carbonyl (C=O) groups excluding carboxylic acids is 3. The average molecular weight is 815 g/mol. The Morgan fingerprint density at radius 2 is 1.16 bits per heavy atom. The van der Waals surface area contributed by atoms with E-state index in [1.165, 1.54) is 15.9 Å². The van der Waals surface area contributed by atoms with Crippen molar-refractivity contribution in [1.82, 2.24) is 9.80 Å². The topological polar surface area (TPSA) is 132 Å². The van der Waals surface area contributed by atoms with Gasteiger partial charge in [-0.1, -0.05) is 60.7 Å². The van der Waals surface area contributed by atoms with E-state index < -0.39 is 91.5 Å². The number of amides is 2. The van der Waals surface area contributed by atoms with Gasteiger partial charge in [0.15, 0.2) is 25.0 Å². The van der Waals surface area contributed by atoms with E-state index >= 15 is 0 Å². The van der Waals surface area contributed by atoms with Gasteiger partial charge < -0.3 is 46.8 Å². The zero-order valence-electron chi connectivity index (χ0n) is 34.2. The number of fused-ring (bicyclic) bond motifs is 2. The second-order valence-electron chi connectivity index (χ2n) is 17.3. The Kier molecular flexibility index (Phi) is 12.9. The van der Waals surface area contributed by atoms with Crippen molar-refractivity contribution in [2.75, 3.05) is 14.1 Å². The molecule has 55 heavy (non-hydrogen) atoms. The number of allylic oxidation sites excluding steroid dienone is 1. The summed E-state index contributed by atoms with van der Waals surface area (Å²) in [6.07, 6.45) is -5.13. The fourth-order valence-electron chi connectivity index (χ4n) is 7.14. The summed E-state index contributed by atoms with van der Waals surface area (Å²) in [5, 5.41) is 0. The van der Waals surface area contributed by atoms with Crippen molar-refractivity contribution >= 4 is 42.9 Å². The van der Waals surface area contributed by atoms with E-state index in [0.717, 1.165) is 11.1 Å². The van der Waals surface area contributed by atoms with Gasteiger partial charge in [-0.05, 0) is 77.0 Å². The SMILES string of the molecule is CC1=CC(=O)[C@]2(O[Si](C)(C)C)O[C@H]3[C@H](O[C@@H]2O1)[C@@H](O[Si](C)(C)C)[C@H](N(C)C(=O)OCc1ccccc1)[C@H](O[Si](C)(C)C)[C@@H]3N(C)C(=O)OCc1ccccc1. The number of nitrogens with zero attached hydrogens (tertiary/aromatic N) is 2. The predicted octanol–water partition coefficient (Wildman–Crippen LogP) is 6.88. The molecule has 2 amide bonds. The zero-order valence-corrected chi connectivity index (χ0v) is 37.2. The first-order chi connectivity index (χ1) is 25.6. The molecular formula is C39H58N2O11Si3. The lowest BCUT2D eigenvalue weighted by Crippen LogP contribution is -2.80. The predicted molar refractivity (Wildman–Crippen MR) is 213 cm³/mol. The third-order valence-corrected chi connectivity index (χ3v) is 12.1. The number of benzene rings is 2. The van der Waals surface area contributed by atoms with E-state index in [0.29, 0.717) is 5.76 Å². The summed E-state index contributed by atoms with van der Waals surface area (Å²) in [7, 11) is -4.29. The molecule has 0 aromatic heterocycles. The molecule has 1 aliphatic carbocycles. The smallest absolute Gasteiger partial charge is 0.410 e. The maximum atomic E-state index is 14.2. The largest absolute Gasteiger partial charge is 0.463 e. The van der Waals surface area contributed by atoms with Crippen LogP contribution in [0.4, 0.5) is 9.59 Å². The third kappa shape index (κ3) is 10.3. The van der Waals surface area contributed by atoms with Gasteiger partial charge >= 0.3 is 12.2 Å². The van der Waals surface area contributed by atoms with E-state index in [-0.39, 0.29) is 13.2 Å². The fourth-order valence-corrected chi connectivity index (χ4v) is 10.5. The Morgan fingerprint density at radius 3 is 1.64 bits per heavy atom. The summed E-state index contributed by atoms with van der Waals surface area (Å²) < 4.78 is 52.5. The third-order valence-electron chi connectivity index (χ3n) is 9.18. The molecule has 3 aliphatic rings. The number of hydrogen-bond donors (Lipinski definition) is 0. The molecule has 8 atom stereocenters. The highest BCUT2D eigenvalue weighted by Crippen LogP contribution is 2.47. The average Bonchev–Trinajstić information content (AvgIpc) is 3.08. The van der Waals surface area contributed by atoms with Crippen LogP contribution in [-0.2, 0) is 55.0 Å². The fraction of sp³-hybridized carbons (Fsp3) is 0.564. The lowest BCUT2D eigenvalue weighted by atomic mass is 9.78. The second kappa shape index (κ2) is 16.6. The van der Waals surface area contributed by atoms with E-state index in [9.17, 15) is 14.4 Å². The Morgan fingerprint density at radius 1 is 0.691 bits per heavy atom. The lowest BCUT2D eigenvalue weighted by Gasteiger charge is -2.60. The van der Waals surface area contributed by atoms with Crippen LogP contribution >= 0.6 is 0 Å². The van der Waals surface area contributed by atoms with Crippen LogP contribution in [0, 0.1) is 0 Å². The van der Waals surface area contributed by atoms with E-state index in [4.69, 9.17) is 37.0 Å². The van der Waals surface area contributed by atoms with Gasteiger partial charge in [0.2, 0.25) is 5.78 Å². The Labute approximate surface area is 328 Å². The number of ketones is 1.